The Morgan fingerprint density at radius 2 is 2.11 bits per heavy atom. The number of aromatic nitrogens is 3. The largest absolute Gasteiger partial charge is 0.477 e. The van der Waals surface area contributed by atoms with Crippen molar-refractivity contribution in [1.82, 2.24) is 15.0 Å². The van der Waals surface area contributed by atoms with Crippen LogP contribution in [0.5, 0.6) is 0 Å². The van der Waals surface area contributed by atoms with Crippen molar-refractivity contribution < 1.29 is 19.1 Å². The number of H-pyrrole nitrogens is 1. The van der Waals surface area contributed by atoms with Crippen molar-refractivity contribution in [3.63, 3.8) is 0 Å². The highest BCUT2D eigenvalue weighted by molar-refractivity contribution is 6.20. The van der Waals surface area contributed by atoms with E-state index in [2.05, 4.69) is 16.9 Å². The molecule has 0 aliphatic carbocycles. The van der Waals surface area contributed by atoms with E-state index >= 15 is 0 Å². The molecule has 0 radical (unpaired) electrons. The minimum Gasteiger partial charge on any atom is -0.477 e. The molecule has 4 rings (SSSR count). The van der Waals surface area contributed by atoms with E-state index in [9.17, 15) is 9.90 Å². The van der Waals surface area contributed by atoms with Crippen LogP contribution in [0.2, 0.25) is 0 Å². The number of unbranched alkanes of at least 4 members (excludes halogenated alkanes) is 2. The number of nitrogens with one attached hydrogen (secondary N) is 1. The first-order valence-electron chi connectivity index (χ1n) is 9.08. The summed E-state index contributed by atoms with van der Waals surface area (Å²) in [4.78, 5) is 23.8. The molecule has 7 heteroatoms. The van der Waals surface area contributed by atoms with Crippen LogP contribution in [-0.2, 0) is 17.8 Å². The molecule has 0 unspecified atom stereocenters. The predicted octanol–water partition coefficient (Wildman–Crippen LogP) is 4.43. The maximum Gasteiger partial charge on any atom is 0.354 e. The Morgan fingerprint density at radius 3 is 2.85 bits per heavy atom. The van der Waals surface area contributed by atoms with Crippen LogP contribution >= 0.6 is 0 Å². The summed E-state index contributed by atoms with van der Waals surface area (Å²) >= 11 is 0. The van der Waals surface area contributed by atoms with Gasteiger partial charge in [-0.3, -0.25) is 0 Å². The highest BCUT2D eigenvalue weighted by atomic mass is 16.5. The van der Waals surface area contributed by atoms with Crippen molar-refractivity contribution in [3.05, 3.63) is 35.5 Å². The molecule has 0 aliphatic heterocycles. The number of pyridine rings is 1. The predicted molar refractivity (Wildman–Crippen MR) is 102 cm³/mol. The van der Waals surface area contributed by atoms with Crippen LogP contribution in [0.25, 0.3) is 32.9 Å². The van der Waals surface area contributed by atoms with Gasteiger partial charge in [-0.1, -0.05) is 19.8 Å². The number of hydrogen-bond acceptors (Lipinski definition) is 5. The molecule has 0 saturated heterocycles. The van der Waals surface area contributed by atoms with E-state index in [4.69, 9.17) is 14.1 Å². The van der Waals surface area contributed by atoms with Gasteiger partial charge in [-0.2, -0.15) is 0 Å². The van der Waals surface area contributed by atoms with Gasteiger partial charge in [0.25, 0.3) is 0 Å². The number of benzene rings is 1. The molecule has 0 aliphatic rings. The standard InChI is InChI=1S/C20H21N3O4/c1-3-4-5-6-15-23-19-14(27-15)8-7-12-17(19)16-11(10-26-2)18(20(24)25)21-9-13(16)22-12/h7-9,22H,3-6,10H2,1-2H3,(H,24,25). The van der Waals surface area contributed by atoms with Gasteiger partial charge in [0.05, 0.1) is 18.3 Å². The maximum absolute atomic E-state index is 11.7. The molecule has 0 bridgehead atoms. The Balaban J connectivity index is 1.99. The highest BCUT2D eigenvalue weighted by Crippen LogP contribution is 2.35. The number of ether oxygens (including phenoxy) is 1. The van der Waals surface area contributed by atoms with E-state index < -0.39 is 5.97 Å². The zero-order valence-corrected chi connectivity index (χ0v) is 15.3. The van der Waals surface area contributed by atoms with Crippen molar-refractivity contribution >= 4 is 38.9 Å². The number of carboxylic acid groups (broad SMARTS) is 1. The topological polar surface area (TPSA) is 101 Å². The Kier molecular flexibility index (Phi) is 4.53. The number of aryl methyl sites for hydroxylation is 1. The number of fused-ring (bicyclic) bond motifs is 5. The number of methoxy groups -OCH3 is 1. The zero-order chi connectivity index (χ0) is 19.0. The average molecular weight is 367 g/mol. The lowest BCUT2D eigenvalue weighted by Gasteiger charge is -2.06. The first-order valence-corrected chi connectivity index (χ1v) is 9.08. The third-order valence-corrected chi connectivity index (χ3v) is 4.79. The molecule has 27 heavy (non-hydrogen) atoms. The van der Waals surface area contributed by atoms with Crippen molar-refractivity contribution in [2.24, 2.45) is 0 Å². The van der Waals surface area contributed by atoms with Gasteiger partial charge in [0.15, 0.2) is 17.2 Å². The van der Waals surface area contributed by atoms with Gasteiger partial charge in [0, 0.05) is 35.4 Å². The van der Waals surface area contributed by atoms with Crippen molar-refractivity contribution in [3.8, 4) is 0 Å². The fourth-order valence-corrected chi connectivity index (χ4v) is 3.58. The number of hydrogen-bond donors (Lipinski definition) is 2. The monoisotopic (exact) mass is 367 g/mol. The maximum atomic E-state index is 11.7. The molecule has 0 spiro atoms. The number of nitrogens with zero attached hydrogens (tertiary/aromatic N) is 2. The smallest absolute Gasteiger partial charge is 0.354 e. The molecule has 3 heterocycles. The van der Waals surface area contributed by atoms with Crippen LogP contribution in [0.4, 0.5) is 0 Å². The van der Waals surface area contributed by atoms with Gasteiger partial charge in [0.2, 0.25) is 0 Å². The van der Waals surface area contributed by atoms with Crippen molar-refractivity contribution in [2.75, 3.05) is 7.11 Å². The van der Waals surface area contributed by atoms with Crippen LogP contribution in [0.1, 0.15) is 48.1 Å². The fraction of sp³-hybridized carbons (Fsp3) is 0.350. The second kappa shape index (κ2) is 7.00. The van der Waals surface area contributed by atoms with Crippen LogP contribution in [0, 0.1) is 0 Å². The van der Waals surface area contributed by atoms with Crippen LogP contribution in [0.15, 0.2) is 22.7 Å². The number of oxazole rings is 1. The molecule has 0 fully saturated rings. The molecule has 3 aromatic heterocycles. The molecule has 0 atom stereocenters. The quantitative estimate of drug-likeness (QED) is 0.468. The van der Waals surface area contributed by atoms with Crippen LogP contribution in [-0.4, -0.2) is 33.1 Å². The Bertz CT molecular complexity index is 1140. The second-order valence-electron chi connectivity index (χ2n) is 6.64. The summed E-state index contributed by atoms with van der Waals surface area (Å²) in [7, 11) is 1.54. The third-order valence-electron chi connectivity index (χ3n) is 4.79. The number of carboxylic acids is 1. The van der Waals surface area contributed by atoms with Crippen LogP contribution < -0.4 is 0 Å². The number of rotatable bonds is 7. The first kappa shape index (κ1) is 17.5. The van der Waals surface area contributed by atoms with Gasteiger partial charge in [-0.05, 0) is 18.6 Å². The minimum atomic E-state index is -1.08. The van der Waals surface area contributed by atoms with Gasteiger partial charge >= 0.3 is 5.97 Å². The molecule has 2 N–H and O–H groups in total. The Morgan fingerprint density at radius 1 is 1.26 bits per heavy atom. The van der Waals surface area contributed by atoms with Gasteiger partial charge in [-0.25, -0.2) is 14.8 Å². The van der Waals surface area contributed by atoms with E-state index in [1.807, 2.05) is 12.1 Å². The lowest BCUT2D eigenvalue weighted by molar-refractivity contribution is 0.0685. The number of aromatic carboxylic acids is 1. The third kappa shape index (κ3) is 2.94. The summed E-state index contributed by atoms with van der Waals surface area (Å²) in [6.45, 7) is 2.31. The zero-order valence-electron chi connectivity index (χ0n) is 15.3. The molecule has 140 valence electrons. The molecule has 0 saturated carbocycles. The van der Waals surface area contributed by atoms with E-state index in [0.717, 1.165) is 53.0 Å². The van der Waals surface area contributed by atoms with E-state index in [1.165, 1.54) is 7.11 Å². The summed E-state index contributed by atoms with van der Waals surface area (Å²) in [5.74, 6) is -0.369. The molecule has 0 amide bonds. The van der Waals surface area contributed by atoms with E-state index in [1.54, 1.807) is 6.20 Å². The van der Waals surface area contributed by atoms with Gasteiger partial charge in [-0.15, -0.1) is 0 Å². The summed E-state index contributed by atoms with van der Waals surface area (Å²) in [6.07, 6.45) is 5.64. The van der Waals surface area contributed by atoms with Crippen molar-refractivity contribution in [2.45, 2.75) is 39.2 Å². The van der Waals surface area contributed by atoms with Gasteiger partial charge in [0.1, 0.15) is 5.52 Å². The summed E-state index contributed by atoms with van der Waals surface area (Å²) in [6, 6.07) is 3.82. The molecular formula is C20H21N3O4. The molecule has 1 aromatic carbocycles. The van der Waals surface area contributed by atoms with E-state index in [0.29, 0.717) is 17.0 Å². The average Bonchev–Trinajstić information content (AvgIpc) is 3.22. The Labute approximate surface area is 155 Å². The van der Waals surface area contributed by atoms with E-state index in [-0.39, 0.29) is 12.3 Å². The second-order valence-corrected chi connectivity index (χ2v) is 6.64. The fourth-order valence-electron chi connectivity index (χ4n) is 3.58. The first-order chi connectivity index (χ1) is 13.1. The summed E-state index contributed by atoms with van der Waals surface area (Å²) in [5.41, 5.74) is 3.60. The normalized spacial score (nSPS) is 11.8. The minimum absolute atomic E-state index is 0.00563. The summed E-state index contributed by atoms with van der Waals surface area (Å²) < 4.78 is 11.2. The summed E-state index contributed by atoms with van der Waals surface area (Å²) in [5, 5.41) is 11.2. The lowest BCUT2D eigenvalue weighted by Crippen LogP contribution is -2.07. The lowest BCUT2D eigenvalue weighted by atomic mass is 10.0. The van der Waals surface area contributed by atoms with Crippen LogP contribution in [0.3, 0.4) is 0 Å². The number of carbonyl (C=O) groups is 1. The molecular weight excluding hydrogens is 346 g/mol. The highest BCUT2D eigenvalue weighted by Gasteiger charge is 2.21. The number of aromatic amines is 1. The Hall–Kier alpha value is -2.93. The van der Waals surface area contributed by atoms with Gasteiger partial charge < -0.3 is 19.2 Å². The SMILES string of the molecule is CCCCCc1nc2c(ccc3[nH]c4cnc(C(=O)O)c(COC)c4c32)o1. The molecule has 7 nitrogen and oxygen atoms in total. The van der Waals surface area contributed by atoms with Crippen molar-refractivity contribution in [1.29, 1.82) is 0 Å². The molecule has 4 aromatic rings.